The molecule has 2 aromatic rings. The Labute approximate surface area is 159 Å². The lowest BCUT2D eigenvalue weighted by Crippen LogP contribution is -2.40. The molecule has 2 bridgehead atoms. The van der Waals surface area contributed by atoms with Crippen LogP contribution in [0.5, 0.6) is 0 Å². The Morgan fingerprint density at radius 1 is 1.46 bits per heavy atom. The minimum absolute atomic E-state index is 0.0375. The first-order chi connectivity index (χ1) is 12.5. The number of thioether (sulfide) groups is 1. The molecule has 1 heterocycles. The third kappa shape index (κ3) is 3.57. The zero-order valence-electron chi connectivity index (χ0n) is 14.5. The van der Waals surface area contributed by atoms with E-state index in [9.17, 15) is 14.9 Å². The van der Waals surface area contributed by atoms with E-state index in [2.05, 4.69) is 17.2 Å². The SMILES string of the molecule is C[C@H](NC(=O)CSc1nc2ccc([N+](=O)[O-])cc2s1)[C@H]1C[C@@H]2CC[C@@H]1C2. The molecule has 1 aromatic carbocycles. The molecule has 2 fully saturated rings. The van der Waals surface area contributed by atoms with Crippen molar-refractivity contribution >= 4 is 44.9 Å². The molecule has 0 aliphatic heterocycles. The number of carbonyl (C=O) groups is 1. The highest BCUT2D eigenvalue weighted by Crippen LogP contribution is 2.49. The summed E-state index contributed by atoms with van der Waals surface area (Å²) in [6, 6.07) is 4.89. The molecular weight excluding hydrogens is 370 g/mol. The summed E-state index contributed by atoms with van der Waals surface area (Å²) in [4.78, 5) is 27.2. The first-order valence-corrected chi connectivity index (χ1v) is 10.8. The van der Waals surface area contributed by atoms with Gasteiger partial charge in [0.05, 0.1) is 20.9 Å². The maximum Gasteiger partial charge on any atom is 0.270 e. The van der Waals surface area contributed by atoms with Gasteiger partial charge in [-0.05, 0) is 50.0 Å². The Kier molecular flexibility index (Phi) is 4.88. The first-order valence-electron chi connectivity index (χ1n) is 8.96. The molecule has 0 radical (unpaired) electrons. The number of non-ortho nitro benzene ring substituents is 1. The number of amides is 1. The molecule has 138 valence electrons. The summed E-state index contributed by atoms with van der Waals surface area (Å²) < 4.78 is 1.54. The molecule has 8 heteroatoms. The highest BCUT2D eigenvalue weighted by molar-refractivity contribution is 8.01. The van der Waals surface area contributed by atoms with Gasteiger partial charge in [0, 0.05) is 18.2 Å². The number of aromatic nitrogens is 1. The highest BCUT2D eigenvalue weighted by Gasteiger charge is 2.42. The van der Waals surface area contributed by atoms with Crippen LogP contribution in [0.15, 0.2) is 22.5 Å². The molecule has 26 heavy (non-hydrogen) atoms. The molecule has 0 spiro atoms. The van der Waals surface area contributed by atoms with E-state index in [1.165, 1.54) is 60.9 Å². The van der Waals surface area contributed by atoms with Gasteiger partial charge in [-0.15, -0.1) is 11.3 Å². The van der Waals surface area contributed by atoms with Crippen LogP contribution in [0, 0.1) is 27.9 Å². The fourth-order valence-electron chi connectivity index (χ4n) is 4.50. The topological polar surface area (TPSA) is 85.1 Å². The van der Waals surface area contributed by atoms with Gasteiger partial charge in [0.2, 0.25) is 5.91 Å². The number of hydrogen-bond donors (Lipinski definition) is 1. The second-order valence-electron chi connectivity index (χ2n) is 7.37. The number of hydrogen-bond acceptors (Lipinski definition) is 6. The number of nitrogens with one attached hydrogen (secondary N) is 1. The van der Waals surface area contributed by atoms with Crippen LogP contribution in [0.2, 0.25) is 0 Å². The predicted octanol–water partition coefficient (Wildman–Crippen LogP) is 4.24. The maximum absolute atomic E-state index is 12.3. The number of nitro benzene ring substituents is 1. The highest BCUT2D eigenvalue weighted by atomic mass is 32.2. The fraction of sp³-hybridized carbons (Fsp3) is 0.556. The van der Waals surface area contributed by atoms with E-state index in [1.54, 1.807) is 6.07 Å². The Morgan fingerprint density at radius 2 is 2.31 bits per heavy atom. The van der Waals surface area contributed by atoms with Crippen molar-refractivity contribution in [3.8, 4) is 0 Å². The minimum Gasteiger partial charge on any atom is -0.353 e. The Balaban J connectivity index is 1.32. The zero-order chi connectivity index (χ0) is 18.3. The van der Waals surface area contributed by atoms with Crippen LogP contribution >= 0.6 is 23.1 Å². The largest absolute Gasteiger partial charge is 0.353 e. The fourth-order valence-corrected chi connectivity index (χ4v) is 6.42. The Hall–Kier alpha value is -1.67. The van der Waals surface area contributed by atoms with Crippen LogP contribution in [-0.2, 0) is 4.79 Å². The summed E-state index contributed by atoms with van der Waals surface area (Å²) in [5.74, 6) is 2.67. The second kappa shape index (κ2) is 7.15. The van der Waals surface area contributed by atoms with Crippen molar-refractivity contribution in [3.05, 3.63) is 28.3 Å². The van der Waals surface area contributed by atoms with Crippen molar-refractivity contribution in [3.63, 3.8) is 0 Å². The van der Waals surface area contributed by atoms with Gasteiger partial charge in [-0.2, -0.15) is 0 Å². The Morgan fingerprint density at radius 3 is 3.00 bits per heavy atom. The summed E-state index contributed by atoms with van der Waals surface area (Å²) in [7, 11) is 0. The van der Waals surface area contributed by atoms with E-state index < -0.39 is 4.92 Å². The van der Waals surface area contributed by atoms with Crippen molar-refractivity contribution in [1.82, 2.24) is 10.3 Å². The molecule has 2 aliphatic carbocycles. The van der Waals surface area contributed by atoms with Gasteiger partial charge in [0.25, 0.3) is 5.69 Å². The van der Waals surface area contributed by atoms with E-state index in [1.807, 2.05) is 0 Å². The third-order valence-electron chi connectivity index (χ3n) is 5.71. The lowest BCUT2D eigenvalue weighted by atomic mass is 9.84. The average molecular weight is 392 g/mol. The lowest BCUT2D eigenvalue weighted by molar-refractivity contribution is -0.384. The summed E-state index contributed by atoms with van der Waals surface area (Å²) in [5.41, 5.74) is 0.800. The summed E-state index contributed by atoms with van der Waals surface area (Å²) >= 11 is 2.79. The minimum atomic E-state index is -0.406. The number of fused-ring (bicyclic) bond motifs is 3. The predicted molar refractivity (Wildman–Crippen MR) is 104 cm³/mol. The molecule has 6 nitrogen and oxygen atoms in total. The smallest absolute Gasteiger partial charge is 0.270 e. The van der Waals surface area contributed by atoms with Gasteiger partial charge in [-0.25, -0.2) is 4.98 Å². The number of carbonyl (C=O) groups excluding carboxylic acids is 1. The van der Waals surface area contributed by atoms with Gasteiger partial charge >= 0.3 is 0 Å². The summed E-state index contributed by atoms with van der Waals surface area (Å²) in [6.07, 6.45) is 5.29. The van der Waals surface area contributed by atoms with Crippen molar-refractivity contribution in [2.75, 3.05) is 5.75 Å². The number of benzene rings is 1. The van der Waals surface area contributed by atoms with Crippen LogP contribution in [0.4, 0.5) is 5.69 Å². The molecule has 0 saturated heterocycles. The van der Waals surface area contributed by atoms with Crippen LogP contribution in [0.25, 0.3) is 10.2 Å². The van der Waals surface area contributed by atoms with Crippen LogP contribution in [-0.4, -0.2) is 27.6 Å². The number of nitro groups is 1. The first kappa shape index (κ1) is 17.7. The molecule has 0 unspecified atom stereocenters. The number of rotatable bonds is 6. The van der Waals surface area contributed by atoms with E-state index >= 15 is 0 Å². The van der Waals surface area contributed by atoms with Crippen molar-refractivity contribution in [2.24, 2.45) is 17.8 Å². The summed E-state index contributed by atoms with van der Waals surface area (Å²) in [6.45, 7) is 2.13. The molecule has 1 aromatic heterocycles. The average Bonchev–Trinajstić information content (AvgIpc) is 3.33. The third-order valence-corrected chi connectivity index (χ3v) is 7.87. The molecule has 1 N–H and O–H groups in total. The van der Waals surface area contributed by atoms with E-state index in [4.69, 9.17) is 0 Å². The Bertz CT molecular complexity index is 853. The van der Waals surface area contributed by atoms with Crippen molar-refractivity contribution < 1.29 is 9.72 Å². The van der Waals surface area contributed by atoms with Crippen LogP contribution in [0.3, 0.4) is 0 Å². The van der Waals surface area contributed by atoms with Crippen LogP contribution < -0.4 is 5.32 Å². The lowest BCUT2D eigenvalue weighted by Gasteiger charge is -2.28. The van der Waals surface area contributed by atoms with Crippen molar-refractivity contribution in [2.45, 2.75) is 43.0 Å². The normalized spacial score (nSPS) is 25.5. The molecule has 4 atom stereocenters. The monoisotopic (exact) mass is 391 g/mol. The number of nitrogens with zero attached hydrogens (tertiary/aromatic N) is 2. The quantitative estimate of drug-likeness (QED) is 0.452. The van der Waals surface area contributed by atoms with Gasteiger partial charge in [-0.1, -0.05) is 18.2 Å². The maximum atomic E-state index is 12.3. The number of thiazole rings is 1. The molecule has 2 aliphatic rings. The van der Waals surface area contributed by atoms with Gasteiger partial charge < -0.3 is 5.32 Å². The standard InChI is InChI=1S/C18H21N3O3S2/c1-10(14-7-11-2-3-12(14)6-11)19-17(22)9-25-18-20-15-5-4-13(21(23)24)8-16(15)26-18/h4-5,8,10-12,14H,2-3,6-7,9H2,1H3,(H,19,22)/t10-,11+,12+,14+/m0/s1. The van der Waals surface area contributed by atoms with Gasteiger partial charge in [0.15, 0.2) is 4.34 Å². The zero-order valence-corrected chi connectivity index (χ0v) is 16.1. The summed E-state index contributed by atoms with van der Waals surface area (Å²) in [5, 5.41) is 14.0. The molecular formula is C18H21N3O3S2. The van der Waals surface area contributed by atoms with Crippen molar-refractivity contribution in [1.29, 1.82) is 0 Å². The van der Waals surface area contributed by atoms with Crippen LogP contribution in [0.1, 0.15) is 32.6 Å². The van der Waals surface area contributed by atoms with E-state index in [0.717, 1.165) is 26.4 Å². The molecule has 4 rings (SSSR count). The van der Waals surface area contributed by atoms with E-state index in [-0.39, 0.29) is 17.6 Å². The molecule has 1 amide bonds. The van der Waals surface area contributed by atoms with E-state index in [0.29, 0.717) is 11.7 Å². The molecule has 2 saturated carbocycles. The van der Waals surface area contributed by atoms with Gasteiger partial charge in [0.1, 0.15) is 0 Å². The van der Waals surface area contributed by atoms with Gasteiger partial charge in [-0.3, -0.25) is 14.9 Å². The second-order valence-corrected chi connectivity index (χ2v) is 9.63.